The van der Waals surface area contributed by atoms with Gasteiger partial charge >= 0.3 is 6.18 Å². The molecule has 2 aromatic carbocycles. The van der Waals surface area contributed by atoms with Crippen molar-refractivity contribution in [3.05, 3.63) is 83.8 Å². The topological polar surface area (TPSA) is 90.7 Å². The van der Waals surface area contributed by atoms with Gasteiger partial charge in [-0.05, 0) is 42.5 Å². The van der Waals surface area contributed by atoms with E-state index in [-0.39, 0.29) is 18.3 Å². The minimum atomic E-state index is -4.50. The maximum absolute atomic E-state index is 14.0. The molecular formula is C25H19F3N6O2. The summed E-state index contributed by atoms with van der Waals surface area (Å²) in [6, 6.07) is 11.5. The SMILES string of the molecule is Cn1cc(N(C(=O)c2ccc3nc(N)c4cccn4c3c2)[C@@H]2COc3cc(C(F)(F)F)ccc32)cn1. The molecular weight excluding hydrogens is 473 g/mol. The van der Waals surface area contributed by atoms with Gasteiger partial charge in [-0.25, -0.2) is 4.98 Å². The third kappa shape index (κ3) is 3.43. The van der Waals surface area contributed by atoms with Gasteiger partial charge in [0, 0.05) is 30.6 Å². The number of benzene rings is 2. The summed E-state index contributed by atoms with van der Waals surface area (Å²) in [5.74, 6) is 0.119. The average Bonchev–Trinajstić information content (AvgIpc) is 3.59. The van der Waals surface area contributed by atoms with E-state index in [0.717, 1.165) is 17.6 Å². The lowest BCUT2D eigenvalue weighted by Crippen LogP contribution is -2.35. The highest BCUT2D eigenvalue weighted by atomic mass is 19.4. The number of hydrogen-bond acceptors (Lipinski definition) is 5. The Labute approximate surface area is 202 Å². The second-order valence-corrected chi connectivity index (χ2v) is 8.59. The van der Waals surface area contributed by atoms with Crippen molar-refractivity contribution in [1.29, 1.82) is 0 Å². The van der Waals surface area contributed by atoms with Crippen LogP contribution in [-0.4, -0.2) is 31.7 Å². The molecule has 2 N–H and O–H groups in total. The van der Waals surface area contributed by atoms with Crippen molar-refractivity contribution in [3.8, 4) is 5.75 Å². The van der Waals surface area contributed by atoms with Gasteiger partial charge in [-0.2, -0.15) is 18.3 Å². The molecule has 0 unspecified atom stereocenters. The predicted molar refractivity (Wildman–Crippen MR) is 127 cm³/mol. The maximum atomic E-state index is 14.0. The fraction of sp³-hybridized carbons (Fsp3) is 0.160. The van der Waals surface area contributed by atoms with Crippen molar-refractivity contribution in [2.75, 3.05) is 17.2 Å². The summed E-state index contributed by atoms with van der Waals surface area (Å²) in [5.41, 5.74) is 8.63. The molecule has 6 rings (SSSR count). The minimum Gasteiger partial charge on any atom is -0.491 e. The lowest BCUT2D eigenvalue weighted by molar-refractivity contribution is -0.137. The third-order valence-electron chi connectivity index (χ3n) is 6.33. The molecule has 1 aliphatic rings. The number of ether oxygens (including phenoxy) is 1. The Morgan fingerprint density at radius 2 is 2.00 bits per heavy atom. The van der Waals surface area contributed by atoms with Gasteiger partial charge in [0.15, 0.2) is 0 Å². The Morgan fingerprint density at radius 1 is 1.17 bits per heavy atom. The monoisotopic (exact) mass is 492 g/mol. The number of nitrogens with zero attached hydrogens (tertiary/aromatic N) is 5. The fourth-order valence-corrected chi connectivity index (χ4v) is 4.62. The molecule has 4 heterocycles. The predicted octanol–water partition coefficient (Wildman–Crippen LogP) is 4.60. The van der Waals surface area contributed by atoms with Gasteiger partial charge < -0.3 is 14.9 Å². The van der Waals surface area contributed by atoms with E-state index in [2.05, 4.69) is 10.1 Å². The molecule has 1 atom stereocenters. The number of nitrogens with two attached hydrogens (primary N) is 1. The molecule has 11 heteroatoms. The highest BCUT2D eigenvalue weighted by Crippen LogP contribution is 2.42. The van der Waals surface area contributed by atoms with Gasteiger partial charge in [0.25, 0.3) is 5.91 Å². The van der Waals surface area contributed by atoms with Crippen LogP contribution in [-0.2, 0) is 13.2 Å². The molecule has 0 fully saturated rings. The Bertz CT molecular complexity index is 1660. The van der Waals surface area contributed by atoms with Crippen LogP contribution in [0.4, 0.5) is 24.7 Å². The van der Waals surface area contributed by atoms with Crippen LogP contribution in [0, 0.1) is 0 Å². The lowest BCUT2D eigenvalue weighted by Gasteiger charge is -2.27. The maximum Gasteiger partial charge on any atom is 0.416 e. The summed E-state index contributed by atoms with van der Waals surface area (Å²) in [4.78, 5) is 19.9. The Morgan fingerprint density at radius 3 is 2.75 bits per heavy atom. The van der Waals surface area contributed by atoms with Gasteiger partial charge in [-0.3, -0.25) is 14.4 Å². The number of halogens is 3. The Kier molecular flexibility index (Phi) is 4.72. The first-order valence-electron chi connectivity index (χ1n) is 11.0. The number of aromatic nitrogens is 4. The summed E-state index contributed by atoms with van der Waals surface area (Å²) in [6.45, 7) is 0.00476. The van der Waals surface area contributed by atoms with Crippen LogP contribution >= 0.6 is 0 Å². The van der Waals surface area contributed by atoms with Crippen LogP contribution in [0.15, 0.2) is 67.1 Å². The van der Waals surface area contributed by atoms with Crippen molar-refractivity contribution >= 4 is 34.0 Å². The number of rotatable bonds is 3. The van der Waals surface area contributed by atoms with Gasteiger partial charge in [-0.1, -0.05) is 6.07 Å². The van der Waals surface area contributed by atoms with Gasteiger partial charge in [0.1, 0.15) is 18.2 Å². The number of carbonyl (C=O) groups excluding carboxylic acids is 1. The summed E-state index contributed by atoms with van der Waals surface area (Å²) < 4.78 is 48.7. The number of hydrogen-bond donors (Lipinski definition) is 1. The average molecular weight is 492 g/mol. The minimum absolute atomic E-state index is 0.00476. The van der Waals surface area contributed by atoms with Gasteiger partial charge in [-0.15, -0.1) is 0 Å². The highest BCUT2D eigenvalue weighted by Gasteiger charge is 2.38. The number of nitrogen functional groups attached to an aromatic ring is 1. The van der Waals surface area contributed by atoms with E-state index in [0.29, 0.717) is 33.7 Å². The first-order valence-corrected chi connectivity index (χ1v) is 11.0. The largest absolute Gasteiger partial charge is 0.491 e. The molecule has 1 amide bonds. The highest BCUT2D eigenvalue weighted by molar-refractivity contribution is 6.08. The zero-order valence-corrected chi connectivity index (χ0v) is 18.9. The van der Waals surface area contributed by atoms with E-state index in [1.54, 1.807) is 36.1 Å². The normalized spacial score (nSPS) is 15.3. The summed E-state index contributed by atoms with van der Waals surface area (Å²) in [5, 5.41) is 4.19. The van der Waals surface area contributed by atoms with Crippen molar-refractivity contribution in [3.63, 3.8) is 0 Å². The second-order valence-electron chi connectivity index (χ2n) is 8.59. The number of aryl methyl sites for hydroxylation is 1. The molecule has 0 saturated heterocycles. The number of amides is 1. The van der Waals surface area contributed by atoms with Crippen LogP contribution in [0.25, 0.3) is 16.6 Å². The van der Waals surface area contributed by atoms with Gasteiger partial charge in [0.2, 0.25) is 0 Å². The van der Waals surface area contributed by atoms with E-state index >= 15 is 0 Å². The van der Waals surface area contributed by atoms with Crippen LogP contribution in [0.5, 0.6) is 5.75 Å². The fourth-order valence-electron chi connectivity index (χ4n) is 4.62. The summed E-state index contributed by atoms with van der Waals surface area (Å²) >= 11 is 0. The smallest absolute Gasteiger partial charge is 0.416 e. The summed E-state index contributed by atoms with van der Waals surface area (Å²) in [7, 11) is 1.72. The molecule has 3 aromatic heterocycles. The van der Waals surface area contributed by atoms with Crippen LogP contribution in [0.2, 0.25) is 0 Å². The molecule has 8 nitrogen and oxygen atoms in total. The number of carbonyl (C=O) groups is 1. The molecule has 0 radical (unpaired) electrons. The standard InChI is InChI=1S/C25H19F3N6O2/c1-32-12-16(11-30-32)34(21-13-36-22-10-15(25(26,27)28)5-6-17(21)22)24(35)14-4-7-18-20(9-14)33-8-2-3-19(33)23(29)31-18/h2-12,21H,13H2,1H3,(H2,29,31)/t21-/m1/s1. The van der Waals surface area contributed by atoms with Crippen molar-refractivity contribution in [2.45, 2.75) is 12.2 Å². The molecule has 36 heavy (non-hydrogen) atoms. The molecule has 5 aromatic rings. The lowest BCUT2D eigenvalue weighted by atomic mass is 10.0. The van der Waals surface area contributed by atoms with Crippen LogP contribution in [0.3, 0.4) is 0 Å². The first kappa shape index (κ1) is 22.0. The van der Waals surface area contributed by atoms with Crippen molar-refractivity contribution in [1.82, 2.24) is 19.2 Å². The van der Waals surface area contributed by atoms with E-state index in [1.807, 2.05) is 22.7 Å². The van der Waals surface area contributed by atoms with Crippen molar-refractivity contribution < 1.29 is 22.7 Å². The zero-order valence-electron chi connectivity index (χ0n) is 18.9. The molecule has 1 aliphatic heterocycles. The molecule has 0 bridgehead atoms. The van der Waals surface area contributed by atoms with Gasteiger partial charge in [0.05, 0.1) is 40.0 Å². The van der Waals surface area contributed by atoms with E-state index in [4.69, 9.17) is 10.5 Å². The second kappa shape index (κ2) is 7.74. The number of fused-ring (bicyclic) bond motifs is 4. The third-order valence-corrected chi connectivity index (χ3v) is 6.33. The molecule has 0 spiro atoms. The van der Waals surface area contributed by atoms with Crippen molar-refractivity contribution in [2.24, 2.45) is 7.05 Å². The summed E-state index contributed by atoms with van der Waals surface area (Å²) in [6.07, 6.45) is 0.546. The Hall–Kier alpha value is -4.54. The molecule has 182 valence electrons. The molecule has 0 saturated carbocycles. The zero-order chi connectivity index (χ0) is 25.2. The van der Waals surface area contributed by atoms with Crippen LogP contribution in [0.1, 0.15) is 27.5 Å². The number of anilines is 2. The van der Waals surface area contributed by atoms with E-state index in [9.17, 15) is 18.0 Å². The Balaban J connectivity index is 1.46. The number of alkyl halides is 3. The molecule has 0 aliphatic carbocycles. The quantitative estimate of drug-likeness (QED) is 0.398. The van der Waals surface area contributed by atoms with E-state index < -0.39 is 17.8 Å². The van der Waals surface area contributed by atoms with E-state index in [1.165, 1.54) is 17.2 Å². The van der Waals surface area contributed by atoms with Crippen LogP contribution < -0.4 is 15.4 Å². The first-order chi connectivity index (χ1) is 17.2.